The van der Waals surface area contributed by atoms with Crippen LogP contribution in [0, 0.1) is 5.92 Å². The predicted octanol–water partition coefficient (Wildman–Crippen LogP) is 4.76. The Labute approximate surface area is 113 Å². The molecule has 0 N–H and O–H groups in total. The lowest BCUT2D eigenvalue weighted by Crippen LogP contribution is -2.30. The highest BCUT2D eigenvalue weighted by molar-refractivity contribution is 5.85. The van der Waals surface area contributed by atoms with Gasteiger partial charge in [0.05, 0.1) is 0 Å². The van der Waals surface area contributed by atoms with Crippen LogP contribution in [0.1, 0.15) is 78.6 Å². The smallest absolute Gasteiger partial charge is 0.164 e. The molecule has 0 rings (SSSR count). The van der Waals surface area contributed by atoms with E-state index in [1.165, 1.54) is 12.8 Å². The van der Waals surface area contributed by atoms with Crippen molar-refractivity contribution in [3.05, 3.63) is 0 Å². The van der Waals surface area contributed by atoms with E-state index in [1.807, 2.05) is 0 Å². The van der Waals surface area contributed by atoms with Crippen molar-refractivity contribution in [2.24, 2.45) is 5.92 Å². The first kappa shape index (κ1) is 17.6. The summed E-state index contributed by atoms with van der Waals surface area (Å²) in [6.07, 6.45) is 9.67. The van der Waals surface area contributed by atoms with Crippen molar-refractivity contribution in [2.75, 3.05) is 7.11 Å². The summed E-state index contributed by atoms with van der Waals surface area (Å²) in [4.78, 5) is 12.5. The van der Waals surface area contributed by atoms with Crippen LogP contribution in [0.5, 0.6) is 0 Å². The molecule has 0 bridgehead atoms. The van der Waals surface area contributed by atoms with Crippen molar-refractivity contribution >= 4 is 5.78 Å². The van der Waals surface area contributed by atoms with Gasteiger partial charge in [-0.25, -0.2) is 0 Å². The van der Waals surface area contributed by atoms with Crippen LogP contribution in [0.15, 0.2) is 0 Å². The molecule has 0 aromatic rings. The van der Waals surface area contributed by atoms with Crippen molar-refractivity contribution in [1.29, 1.82) is 0 Å². The van der Waals surface area contributed by atoms with E-state index < -0.39 is 0 Å². The average molecular weight is 256 g/mol. The van der Waals surface area contributed by atoms with Gasteiger partial charge in [-0.05, 0) is 19.3 Å². The highest BCUT2D eigenvalue weighted by Crippen LogP contribution is 2.21. The Bertz CT molecular complexity index is 193. The molecular weight excluding hydrogens is 224 g/mol. The number of rotatable bonds is 12. The standard InChI is InChI=1S/C16H32O2/c1-5-8-11-14(12-9-6-2)16(17)15(18-4)13-10-7-3/h14-15H,5-13H2,1-4H3. The fourth-order valence-corrected chi connectivity index (χ4v) is 2.36. The Morgan fingerprint density at radius 2 is 1.33 bits per heavy atom. The van der Waals surface area contributed by atoms with E-state index in [0.717, 1.165) is 44.9 Å². The lowest BCUT2D eigenvalue weighted by molar-refractivity contribution is -0.133. The van der Waals surface area contributed by atoms with Crippen molar-refractivity contribution in [3.63, 3.8) is 0 Å². The number of carbonyl (C=O) groups is 1. The van der Waals surface area contributed by atoms with Crippen LogP contribution in [0.25, 0.3) is 0 Å². The summed E-state index contributed by atoms with van der Waals surface area (Å²) in [5.41, 5.74) is 0. The summed E-state index contributed by atoms with van der Waals surface area (Å²) in [6, 6.07) is 0. The normalized spacial score (nSPS) is 12.9. The van der Waals surface area contributed by atoms with Gasteiger partial charge in [-0.2, -0.15) is 0 Å². The molecule has 0 heterocycles. The first-order valence-electron chi connectivity index (χ1n) is 7.77. The third-order valence-electron chi connectivity index (χ3n) is 3.64. The minimum atomic E-state index is -0.163. The zero-order valence-electron chi connectivity index (χ0n) is 12.8. The quantitative estimate of drug-likeness (QED) is 0.503. The van der Waals surface area contributed by atoms with E-state index in [4.69, 9.17) is 4.74 Å². The van der Waals surface area contributed by atoms with Crippen LogP contribution in [0.2, 0.25) is 0 Å². The minimum absolute atomic E-state index is 0.163. The maximum atomic E-state index is 12.5. The van der Waals surface area contributed by atoms with Gasteiger partial charge in [0.25, 0.3) is 0 Å². The van der Waals surface area contributed by atoms with Gasteiger partial charge >= 0.3 is 0 Å². The van der Waals surface area contributed by atoms with Crippen molar-refractivity contribution in [3.8, 4) is 0 Å². The van der Waals surface area contributed by atoms with Gasteiger partial charge < -0.3 is 4.74 Å². The topological polar surface area (TPSA) is 26.3 Å². The SMILES string of the molecule is CCCCC(CCCC)C(=O)C(CCCC)OC. The summed E-state index contributed by atoms with van der Waals surface area (Å²) in [6.45, 7) is 6.53. The summed E-state index contributed by atoms with van der Waals surface area (Å²) in [7, 11) is 1.68. The molecular formula is C16H32O2. The van der Waals surface area contributed by atoms with Gasteiger partial charge in [-0.3, -0.25) is 4.79 Å². The van der Waals surface area contributed by atoms with Gasteiger partial charge in [0.15, 0.2) is 5.78 Å². The zero-order chi connectivity index (χ0) is 13.8. The van der Waals surface area contributed by atoms with Crippen molar-refractivity contribution in [1.82, 2.24) is 0 Å². The molecule has 2 nitrogen and oxygen atoms in total. The van der Waals surface area contributed by atoms with Gasteiger partial charge in [-0.1, -0.05) is 59.3 Å². The van der Waals surface area contributed by atoms with Crippen LogP contribution in [-0.2, 0) is 9.53 Å². The lowest BCUT2D eigenvalue weighted by Gasteiger charge is -2.21. The van der Waals surface area contributed by atoms with Crippen LogP contribution in [0.3, 0.4) is 0 Å². The largest absolute Gasteiger partial charge is 0.374 e. The molecule has 0 amide bonds. The highest BCUT2D eigenvalue weighted by atomic mass is 16.5. The molecule has 18 heavy (non-hydrogen) atoms. The van der Waals surface area contributed by atoms with Crippen LogP contribution < -0.4 is 0 Å². The van der Waals surface area contributed by atoms with E-state index in [-0.39, 0.29) is 12.0 Å². The molecule has 0 saturated carbocycles. The maximum absolute atomic E-state index is 12.5. The van der Waals surface area contributed by atoms with Gasteiger partial charge in [0, 0.05) is 13.0 Å². The molecule has 1 atom stereocenters. The van der Waals surface area contributed by atoms with E-state index in [0.29, 0.717) is 5.78 Å². The van der Waals surface area contributed by atoms with E-state index in [1.54, 1.807) is 7.11 Å². The van der Waals surface area contributed by atoms with E-state index >= 15 is 0 Å². The second-order valence-electron chi connectivity index (χ2n) is 5.25. The fraction of sp³-hybridized carbons (Fsp3) is 0.938. The fourth-order valence-electron chi connectivity index (χ4n) is 2.36. The molecule has 0 radical (unpaired) electrons. The molecule has 0 aromatic carbocycles. The number of ether oxygens (including phenoxy) is 1. The molecule has 0 spiro atoms. The second-order valence-corrected chi connectivity index (χ2v) is 5.25. The molecule has 108 valence electrons. The Balaban J connectivity index is 4.37. The summed E-state index contributed by atoms with van der Waals surface area (Å²) < 4.78 is 5.41. The molecule has 1 unspecified atom stereocenters. The number of unbranched alkanes of at least 4 members (excludes halogenated alkanes) is 3. The third-order valence-corrected chi connectivity index (χ3v) is 3.64. The third kappa shape index (κ3) is 7.15. The lowest BCUT2D eigenvalue weighted by atomic mass is 9.88. The number of Topliss-reactive ketones (excluding diaryl/α,β-unsaturated/α-hetero) is 1. The Morgan fingerprint density at radius 3 is 1.72 bits per heavy atom. The van der Waals surface area contributed by atoms with Crippen LogP contribution in [0.4, 0.5) is 0 Å². The number of methoxy groups -OCH3 is 1. The summed E-state index contributed by atoms with van der Waals surface area (Å²) in [5.74, 6) is 0.583. The number of hydrogen-bond donors (Lipinski definition) is 0. The molecule has 0 fully saturated rings. The number of carbonyl (C=O) groups excluding carboxylic acids is 1. The van der Waals surface area contributed by atoms with E-state index in [9.17, 15) is 4.79 Å². The minimum Gasteiger partial charge on any atom is -0.374 e. The first-order valence-corrected chi connectivity index (χ1v) is 7.77. The molecule has 0 saturated heterocycles. The molecule has 2 heteroatoms. The molecule has 0 aromatic heterocycles. The first-order chi connectivity index (χ1) is 8.71. The van der Waals surface area contributed by atoms with Crippen molar-refractivity contribution in [2.45, 2.75) is 84.7 Å². The number of hydrogen-bond acceptors (Lipinski definition) is 2. The van der Waals surface area contributed by atoms with Gasteiger partial charge in [0.1, 0.15) is 6.10 Å². The average Bonchev–Trinajstić information content (AvgIpc) is 2.39. The zero-order valence-corrected chi connectivity index (χ0v) is 12.8. The Kier molecular flexibility index (Phi) is 11.5. The van der Waals surface area contributed by atoms with Gasteiger partial charge in [-0.15, -0.1) is 0 Å². The van der Waals surface area contributed by atoms with Crippen LogP contribution >= 0.6 is 0 Å². The Hall–Kier alpha value is -0.370. The number of ketones is 1. The van der Waals surface area contributed by atoms with Crippen LogP contribution in [-0.4, -0.2) is 19.0 Å². The van der Waals surface area contributed by atoms with Crippen molar-refractivity contribution < 1.29 is 9.53 Å². The second kappa shape index (κ2) is 11.7. The van der Waals surface area contributed by atoms with E-state index in [2.05, 4.69) is 20.8 Å². The molecule has 0 aliphatic heterocycles. The monoisotopic (exact) mass is 256 g/mol. The maximum Gasteiger partial charge on any atom is 0.164 e. The summed E-state index contributed by atoms with van der Waals surface area (Å²) >= 11 is 0. The summed E-state index contributed by atoms with van der Waals surface area (Å²) in [5, 5.41) is 0. The highest BCUT2D eigenvalue weighted by Gasteiger charge is 2.25. The Morgan fingerprint density at radius 1 is 0.889 bits per heavy atom. The van der Waals surface area contributed by atoms with Gasteiger partial charge in [0.2, 0.25) is 0 Å². The molecule has 0 aliphatic carbocycles. The molecule has 0 aliphatic rings. The predicted molar refractivity (Wildman–Crippen MR) is 77.9 cm³/mol.